The van der Waals surface area contributed by atoms with E-state index >= 15 is 0 Å². The second-order valence-electron chi connectivity index (χ2n) is 5.31. The summed E-state index contributed by atoms with van der Waals surface area (Å²) in [5.41, 5.74) is 0.208. The van der Waals surface area contributed by atoms with Crippen LogP contribution in [0, 0.1) is 5.41 Å². The molecule has 0 saturated carbocycles. The molecule has 0 radical (unpaired) electrons. The van der Waals surface area contributed by atoms with E-state index in [4.69, 9.17) is 0 Å². The number of rotatable bonds is 4. The Bertz CT molecular complexity index is 295. The van der Waals surface area contributed by atoms with Crippen LogP contribution in [-0.2, 0) is 9.59 Å². The van der Waals surface area contributed by atoms with E-state index in [-0.39, 0.29) is 36.2 Å². The first-order valence-electron chi connectivity index (χ1n) is 6.16. The second-order valence-corrected chi connectivity index (χ2v) is 5.31. The van der Waals surface area contributed by atoms with Gasteiger partial charge in [0, 0.05) is 19.5 Å². The number of nitrogens with one attached hydrogen (secondary N) is 3. The molecule has 3 N–H and O–H groups in total. The molecule has 1 aliphatic heterocycles. The summed E-state index contributed by atoms with van der Waals surface area (Å²) in [6.45, 7) is 7.51. The van der Waals surface area contributed by atoms with Crippen molar-refractivity contribution in [1.29, 1.82) is 0 Å². The Morgan fingerprint density at radius 1 is 1.33 bits per heavy atom. The van der Waals surface area contributed by atoms with Crippen LogP contribution in [-0.4, -0.2) is 37.5 Å². The molecule has 5 nitrogen and oxygen atoms in total. The van der Waals surface area contributed by atoms with Crippen molar-refractivity contribution in [3.05, 3.63) is 0 Å². The van der Waals surface area contributed by atoms with Gasteiger partial charge < -0.3 is 16.0 Å². The minimum Gasteiger partial charge on any atom is -0.353 e. The maximum absolute atomic E-state index is 11.4. The molecule has 0 aromatic heterocycles. The highest BCUT2D eigenvalue weighted by Gasteiger charge is 2.31. The first kappa shape index (κ1) is 17.2. The van der Waals surface area contributed by atoms with Crippen LogP contribution in [0.4, 0.5) is 0 Å². The molecule has 106 valence electrons. The van der Waals surface area contributed by atoms with Gasteiger partial charge in [-0.15, -0.1) is 12.4 Å². The van der Waals surface area contributed by atoms with E-state index in [2.05, 4.69) is 29.8 Å². The first-order valence-corrected chi connectivity index (χ1v) is 6.16. The average Bonchev–Trinajstić information content (AvgIpc) is 2.24. The lowest BCUT2D eigenvalue weighted by molar-refractivity contribution is -0.125. The minimum atomic E-state index is -0.184. The molecule has 6 heteroatoms. The average molecular weight is 278 g/mol. The van der Waals surface area contributed by atoms with Crippen molar-refractivity contribution in [1.82, 2.24) is 16.0 Å². The van der Waals surface area contributed by atoms with Gasteiger partial charge in [0.2, 0.25) is 11.8 Å². The molecule has 18 heavy (non-hydrogen) atoms. The van der Waals surface area contributed by atoms with Crippen LogP contribution in [0.25, 0.3) is 0 Å². The van der Waals surface area contributed by atoms with Crippen molar-refractivity contribution in [2.45, 2.75) is 39.7 Å². The molecule has 0 aliphatic carbocycles. The van der Waals surface area contributed by atoms with Crippen molar-refractivity contribution >= 4 is 24.2 Å². The van der Waals surface area contributed by atoms with E-state index in [0.29, 0.717) is 12.6 Å². The second kappa shape index (κ2) is 7.59. The van der Waals surface area contributed by atoms with Crippen LogP contribution in [0.2, 0.25) is 0 Å². The van der Waals surface area contributed by atoms with Crippen LogP contribution in [0.5, 0.6) is 0 Å². The summed E-state index contributed by atoms with van der Waals surface area (Å²) in [6.07, 6.45) is 2.36. The molecule has 0 aromatic carbocycles. The first-order chi connectivity index (χ1) is 7.92. The number of halogens is 1. The molecule has 0 spiro atoms. The number of hydrogen-bond acceptors (Lipinski definition) is 3. The third kappa shape index (κ3) is 5.69. The van der Waals surface area contributed by atoms with Crippen LogP contribution in [0.1, 0.15) is 33.6 Å². The lowest BCUT2D eigenvalue weighted by Gasteiger charge is -2.39. The highest BCUT2D eigenvalue weighted by molar-refractivity contribution is 5.85. The fourth-order valence-corrected chi connectivity index (χ4v) is 2.10. The van der Waals surface area contributed by atoms with Gasteiger partial charge in [-0.05, 0) is 24.8 Å². The van der Waals surface area contributed by atoms with Gasteiger partial charge in [0.25, 0.3) is 0 Å². The SMILES string of the molecule is CC(=O)NCC(=O)NCC1NCCCC1(C)C.Cl. The Hall–Kier alpha value is -0.810. The van der Waals surface area contributed by atoms with Gasteiger partial charge in [0.05, 0.1) is 6.54 Å². The molecule has 1 rings (SSSR count). The molecule has 0 bridgehead atoms. The fraction of sp³-hybridized carbons (Fsp3) is 0.833. The highest BCUT2D eigenvalue weighted by atomic mass is 35.5. The van der Waals surface area contributed by atoms with E-state index in [1.165, 1.54) is 19.8 Å². The number of carbonyl (C=O) groups is 2. The van der Waals surface area contributed by atoms with Gasteiger partial charge >= 0.3 is 0 Å². The third-order valence-electron chi connectivity index (χ3n) is 3.33. The monoisotopic (exact) mass is 277 g/mol. The van der Waals surface area contributed by atoms with Gasteiger partial charge in [-0.25, -0.2) is 0 Å². The van der Waals surface area contributed by atoms with E-state index in [9.17, 15) is 9.59 Å². The quantitative estimate of drug-likeness (QED) is 0.698. The predicted molar refractivity (Wildman–Crippen MR) is 73.7 cm³/mol. The molecular weight excluding hydrogens is 254 g/mol. The van der Waals surface area contributed by atoms with Gasteiger partial charge in [-0.3, -0.25) is 9.59 Å². The van der Waals surface area contributed by atoms with Gasteiger partial charge in [-0.1, -0.05) is 13.8 Å². The van der Waals surface area contributed by atoms with Crippen molar-refractivity contribution in [2.75, 3.05) is 19.6 Å². The molecule has 1 unspecified atom stereocenters. The Kier molecular flexibility index (Phi) is 7.25. The van der Waals surface area contributed by atoms with Crippen LogP contribution in [0.3, 0.4) is 0 Å². The maximum atomic E-state index is 11.4. The van der Waals surface area contributed by atoms with Gasteiger partial charge in [0.1, 0.15) is 0 Å². The number of carbonyl (C=O) groups excluding carboxylic acids is 2. The zero-order chi connectivity index (χ0) is 12.9. The Labute approximate surface area is 115 Å². The van der Waals surface area contributed by atoms with Crippen LogP contribution < -0.4 is 16.0 Å². The zero-order valence-corrected chi connectivity index (χ0v) is 12.2. The van der Waals surface area contributed by atoms with E-state index in [1.54, 1.807) is 0 Å². The molecule has 2 amide bonds. The molecule has 1 aliphatic rings. The summed E-state index contributed by atoms with van der Waals surface area (Å²) in [5, 5.41) is 8.76. The molecule has 0 aromatic rings. The van der Waals surface area contributed by atoms with E-state index < -0.39 is 0 Å². The molecule has 1 fully saturated rings. The lowest BCUT2D eigenvalue weighted by atomic mass is 9.77. The van der Waals surface area contributed by atoms with Crippen LogP contribution in [0.15, 0.2) is 0 Å². The standard InChI is InChI=1S/C12H23N3O2.ClH/c1-9(16)14-8-11(17)15-7-10-12(2,3)5-4-6-13-10;/h10,13H,4-8H2,1-3H3,(H,14,16)(H,15,17);1H. The summed E-state index contributed by atoms with van der Waals surface area (Å²) >= 11 is 0. The Balaban J connectivity index is 0.00000289. The van der Waals surface area contributed by atoms with Crippen molar-refractivity contribution < 1.29 is 9.59 Å². The molecular formula is C12H24ClN3O2. The molecule has 1 atom stereocenters. The number of amides is 2. The molecule has 1 saturated heterocycles. The molecule has 1 heterocycles. The lowest BCUT2D eigenvalue weighted by Crippen LogP contribution is -2.53. The number of hydrogen-bond donors (Lipinski definition) is 3. The van der Waals surface area contributed by atoms with Gasteiger partial charge in [-0.2, -0.15) is 0 Å². The van der Waals surface area contributed by atoms with Crippen molar-refractivity contribution in [2.24, 2.45) is 5.41 Å². The summed E-state index contributed by atoms with van der Waals surface area (Å²) in [7, 11) is 0. The predicted octanol–water partition coefficient (Wildman–Crippen LogP) is 0.439. The van der Waals surface area contributed by atoms with Gasteiger partial charge in [0.15, 0.2) is 0 Å². The van der Waals surface area contributed by atoms with E-state index in [1.807, 2.05) is 0 Å². The third-order valence-corrected chi connectivity index (χ3v) is 3.33. The topological polar surface area (TPSA) is 70.2 Å². The van der Waals surface area contributed by atoms with Crippen LogP contribution >= 0.6 is 12.4 Å². The van der Waals surface area contributed by atoms with Crippen molar-refractivity contribution in [3.8, 4) is 0 Å². The normalized spacial score (nSPS) is 21.6. The maximum Gasteiger partial charge on any atom is 0.239 e. The largest absolute Gasteiger partial charge is 0.353 e. The summed E-state index contributed by atoms with van der Waals surface area (Å²) in [5.74, 6) is -0.320. The minimum absolute atomic E-state index is 0. The zero-order valence-electron chi connectivity index (χ0n) is 11.3. The highest BCUT2D eigenvalue weighted by Crippen LogP contribution is 2.29. The Morgan fingerprint density at radius 3 is 2.56 bits per heavy atom. The summed E-state index contributed by atoms with van der Waals surface area (Å²) in [4.78, 5) is 22.1. The van der Waals surface area contributed by atoms with Crippen molar-refractivity contribution in [3.63, 3.8) is 0 Å². The Morgan fingerprint density at radius 2 is 2.00 bits per heavy atom. The fourth-order valence-electron chi connectivity index (χ4n) is 2.10. The summed E-state index contributed by atoms with van der Waals surface area (Å²) in [6, 6.07) is 0.303. The summed E-state index contributed by atoms with van der Waals surface area (Å²) < 4.78 is 0. The van der Waals surface area contributed by atoms with E-state index in [0.717, 1.165) is 6.54 Å². The smallest absolute Gasteiger partial charge is 0.239 e. The number of piperidine rings is 1.